The number of carbonyl (C=O) groups excluding carboxylic acids is 3. The van der Waals surface area contributed by atoms with Gasteiger partial charge in [-0.15, -0.1) is 21.0 Å². The molecule has 2 saturated heterocycles. The maximum atomic E-state index is 15.1. The molecule has 9 rings (SSSR count). The summed E-state index contributed by atoms with van der Waals surface area (Å²) < 4.78 is 29.1. The Morgan fingerprint density at radius 2 is 1.84 bits per heavy atom. The van der Waals surface area contributed by atoms with Gasteiger partial charge in [0.15, 0.2) is 6.72 Å². The number of rotatable bonds is 13. The van der Waals surface area contributed by atoms with Crippen LogP contribution in [0, 0.1) is 29.1 Å². The van der Waals surface area contributed by atoms with Crippen molar-refractivity contribution in [3.8, 4) is 22.5 Å². The fourth-order valence-corrected chi connectivity index (χ4v) is 11.6. The molecule has 69 heavy (non-hydrogen) atoms. The molecule has 0 radical (unpaired) electrons. The molecule has 4 aromatic rings. The predicted molar refractivity (Wildman–Crippen MR) is 268 cm³/mol. The van der Waals surface area contributed by atoms with Crippen molar-refractivity contribution in [2.24, 2.45) is 29.1 Å². The number of piperazine rings is 1. The first-order valence-corrected chi connectivity index (χ1v) is 25.9. The number of nitrogens with zero attached hydrogens (tertiary/aromatic N) is 7. The van der Waals surface area contributed by atoms with Crippen molar-refractivity contribution >= 4 is 52.4 Å². The summed E-state index contributed by atoms with van der Waals surface area (Å²) in [5, 5.41) is 8.20. The van der Waals surface area contributed by atoms with E-state index in [0.29, 0.717) is 44.0 Å². The fraction of sp³-hybridized carbons (Fsp3) is 0.585. The van der Waals surface area contributed by atoms with Gasteiger partial charge in [-0.1, -0.05) is 26.5 Å². The van der Waals surface area contributed by atoms with Gasteiger partial charge in [-0.25, -0.2) is 9.78 Å². The van der Waals surface area contributed by atoms with E-state index in [4.69, 9.17) is 28.9 Å². The maximum Gasteiger partial charge on any atom is 0.378 e. The van der Waals surface area contributed by atoms with Crippen molar-refractivity contribution in [1.82, 2.24) is 29.8 Å². The molecule has 6 bridgehead atoms. The zero-order chi connectivity index (χ0) is 48.9. The Balaban J connectivity index is 1.22. The highest BCUT2D eigenvalue weighted by Gasteiger charge is 2.51. The van der Waals surface area contributed by atoms with Crippen molar-refractivity contribution in [1.29, 1.82) is 0 Å². The maximum absolute atomic E-state index is 15.1. The van der Waals surface area contributed by atoms with Crippen molar-refractivity contribution in [3.63, 3.8) is 0 Å². The Bertz CT molecular complexity index is 2600. The molecule has 6 heterocycles. The molecule has 3 aliphatic heterocycles. The van der Waals surface area contributed by atoms with Gasteiger partial charge in [-0.05, 0) is 96.0 Å². The predicted octanol–water partition coefficient (Wildman–Crippen LogP) is 7.44. The van der Waals surface area contributed by atoms with E-state index in [-0.39, 0.29) is 66.1 Å². The first-order valence-electron chi connectivity index (χ1n) is 25.0. The second kappa shape index (κ2) is 20.0. The number of hydrazine groups is 1. The summed E-state index contributed by atoms with van der Waals surface area (Å²) in [6.07, 6.45) is 4.29. The molecule has 1 spiro atoms. The third-order valence-corrected chi connectivity index (χ3v) is 16.4. The lowest BCUT2D eigenvalue weighted by molar-refractivity contribution is -0.693. The molecule has 1 unspecified atom stereocenters. The molecule has 370 valence electrons. The molecule has 2 aliphatic carbocycles. The number of amides is 2. The molecule has 2 amide bonds. The highest BCUT2D eigenvalue weighted by Crippen LogP contribution is 2.53. The van der Waals surface area contributed by atoms with Crippen LogP contribution < -0.4 is 10.2 Å². The van der Waals surface area contributed by atoms with E-state index in [2.05, 4.69) is 92.0 Å². The number of aromatic nitrogens is 3. The molecule has 1 aromatic carbocycles. The highest BCUT2D eigenvalue weighted by molar-refractivity contribution is 7.10. The van der Waals surface area contributed by atoms with Crippen LogP contribution in [-0.2, 0) is 46.3 Å². The molecule has 1 N–H and O–H groups in total. The van der Waals surface area contributed by atoms with Crippen LogP contribution in [0.15, 0.2) is 48.1 Å². The Morgan fingerprint density at radius 1 is 1.09 bits per heavy atom. The summed E-state index contributed by atoms with van der Waals surface area (Å²) in [7, 11) is 3.89. The van der Waals surface area contributed by atoms with E-state index in [1.807, 2.05) is 25.4 Å². The minimum atomic E-state index is -1.07. The highest BCUT2D eigenvalue weighted by atomic mass is 32.1. The molecule has 5 aliphatic rings. The number of carbonyl (C=O) groups is 3. The van der Waals surface area contributed by atoms with Crippen molar-refractivity contribution in [2.75, 3.05) is 71.6 Å². The molecule has 7 atom stereocenters. The zero-order valence-electron chi connectivity index (χ0n) is 41.8. The SMILES string of the molecule is C=C(NC(=O)C1[C@@H](C)[C@H]1C)[C@@H]1C(=O)N2CCC[C@@H](C(=O)OCC3(CC3)Cc3c(-c4cc(N5CCN(C)CC5)cnc4[C@H](C)OC)n(CCOC(C)C)c4ccc(cc34)-c3csc(n3)[C@H]1OCC)[N+]2=C. The van der Waals surface area contributed by atoms with Crippen LogP contribution in [0.1, 0.15) is 95.7 Å². The number of pyridine rings is 1. The first-order chi connectivity index (χ1) is 33.1. The number of anilines is 1. The third-order valence-electron chi connectivity index (χ3n) is 15.5. The van der Waals surface area contributed by atoms with E-state index in [1.54, 1.807) is 7.11 Å². The number of nitrogens with one attached hydrogen (secondary N) is 1. The van der Waals surface area contributed by atoms with Crippen LogP contribution in [0.5, 0.6) is 0 Å². The topological polar surface area (TPSA) is 144 Å². The van der Waals surface area contributed by atoms with Gasteiger partial charge in [0.1, 0.15) is 17.0 Å². The molecule has 3 aromatic heterocycles. The average Bonchev–Trinajstić information content (AvgIpc) is 4.10. The smallest absolute Gasteiger partial charge is 0.378 e. The van der Waals surface area contributed by atoms with E-state index in [1.165, 1.54) is 21.0 Å². The van der Waals surface area contributed by atoms with Crippen LogP contribution in [0.25, 0.3) is 33.4 Å². The zero-order valence-corrected chi connectivity index (χ0v) is 42.6. The molecule has 4 fully saturated rings. The van der Waals surface area contributed by atoms with Gasteiger partial charge < -0.3 is 38.6 Å². The van der Waals surface area contributed by atoms with Gasteiger partial charge in [-0.2, -0.15) is 0 Å². The quantitative estimate of drug-likeness (QED) is 0.106. The second-order valence-corrected chi connectivity index (χ2v) is 21.3. The first kappa shape index (κ1) is 49.0. The summed E-state index contributed by atoms with van der Waals surface area (Å²) >= 11 is 1.41. The van der Waals surface area contributed by atoms with Crippen molar-refractivity contribution in [2.45, 2.75) is 105 Å². The standard InChI is InChI=1S/C53H70N8O7S/c1-11-66-48-45(34(6)55-49(62)44-32(4)33(44)5)51(63)61-18-12-13-43(58(61)9)52(64)68-30-53(16-17-53)27-40-38-25-36(41-29-69-50(48)56-41)14-15-42(38)60(23-24-67-31(2)3)47(40)39-26-37(28-54-46(39)35(7)65-10)59-21-19-57(8)20-22-59/h14-15,25-26,28-29,31-33,35,43-45,48H,6,9,11-13,16-24,27,30H2,1-5,7-8,10H3/p+1/t32-,33+,35-,43-,44?,45-,48-/m0/s1. The summed E-state index contributed by atoms with van der Waals surface area (Å²) in [6.45, 7) is 26.4. The summed E-state index contributed by atoms with van der Waals surface area (Å²) in [4.78, 5) is 58.3. The van der Waals surface area contributed by atoms with Gasteiger partial charge in [0.05, 0.1) is 60.9 Å². The van der Waals surface area contributed by atoms with Crippen LogP contribution >= 0.6 is 11.3 Å². The van der Waals surface area contributed by atoms with E-state index < -0.39 is 24.0 Å². The normalized spacial score (nSPS) is 25.5. The van der Waals surface area contributed by atoms with Crippen LogP contribution in [0.4, 0.5) is 5.69 Å². The Hall–Kier alpha value is -5.00. The lowest BCUT2D eigenvalue weighted by Gasteiger charge is -2.34. The number of likely N-dealkylation sites (N-methyl/N-ethyl adjacent to an activating group) is 1. The van der Waals surface area contributed by atoms with Crippen LogP contribution in [0.2, 0.25) is 0 Å². The van der Waals surface area contributed by atoms with E-state index in [9.17, 15) is 9.59 Å². The number of hydrogen-bond donors (Lipinski definition) is 1. The number of hydrazone groups is 1. The molecule has 15 nitrogen and oxygen atoms in total. The van der Waals surface area contributed by atoms with Crippen molar-refractivity contribution < 1.29 is 38.0 Å². The number of fused-ring (bicyclic) bond motifs is 6. The minimum Gasteiger partial charge on any atom is -0.460 e. The number of benzene rings is 1. The number of thiazole rings is 1. The third kappa shape index (κ3) is 9.76. The van der Waals surface area contributed by atoms with Crippen LogP contribution in [0.3, 0.4) is 0 Å². The molecule has 16 heteroatoms. The van der Waals surface area contributed by atoms with Gasteiger partial charge in [-0.3, -0.25) is 14.6 Å². The fourth-order valence-electron chi connectivity index (χ4n) is 10.7. The molecule has 2 saturated carbocycles. The van der Waals surface area contributed by atoms with Gasteiger partial charge in [0.2, 0.25) is 5.91 Å². The van der Waals surface area contributed by atoms with Gasteiger partial charge in [0.25, 0.3) is 11.9 Å². The van der Waals surface area contributed by atoms with Gasteiger partial charge in [0, 0.05) is 97.3 Å². The monoisotopic (exact) mass is 964 g/mol. The van der Waals surface area contributed by atoms with E-state index in [0.717, 1.165) is 89.4 Å². The number of cyclic esters (lactones) is 1. The molecular weight excluding hydrogens is 893 g/mol. The largest absolute Gasteiger partial charge is 0.460 e. The van der Waals surface area contributed by atoms with E-state index >= 15 is 4.79 Å². The summed E-state index contributed by atoms with van der Waals surface area (Å²) in [6, 6.07) is 8.04. The number of methoxy groups -OCH3 is 1. The second-order valence-electron chi connectivity index (χ2n) is 20.5. The Labute approximate surface area is 410 Å². The average molecular weight is 964 g/mol. The van der Waals surface area contributed by atoms with Gasteiger partial charge >= 0.3 is 5.97 Å². The minimum absolute atomic E-state index is 0.0481. The lowest BCUT2D eigenvalue weighted by Crippen LogP contribution is -2.55. The lowest BCUT2D eigenvalue weighted by atomic mass is 9.91. The summed E-state index contributed by atoms with van der Waals surface area (Å²) in [5.74, 6) is -1.76. The number of hydrogen-bond acceptors (Lipinski definition) is 12. The van der Waals surface area contributed by atoms with Crippen molar-refractivity contribution in [3.05, 3.63) is 64.4 Å². The van der Waals surface area contributed by atoms with Crippen LogP contribution in [-0.4, -0.2) is 132 Å². The summed E-state index contributed by atoms with van der Waals surface area (Å²) in [5.41, 5.74) is 7.74. The number of ether oxygens (including phenoxy) is 4. The molecular formula is C53H71N8O7S+. The Kier molecular flexibility index (Phi) is 14.2. The Morgan fingerprint density at radius 3 is 2.52 bits per heavy atom. The number of esters is 1.